The van der Waals surface area contributed by atoms with E-state index in [1.54, 1.807) is 12.1 Å². The van der Waals surface area contributed by atoms with Gasteiger partial charge in [-0.25, -0.2) is 9.18 Å². The van der Waals surface area contributed by atoms with E-state index in [0.717, 1.165) is 22.0 Å². The lowest BCUT2D eigenvalue weighted by Crippen LogP contribution is -2.29. The van der Waals surface area contributed by atoms with Crippen LogP contribution >= 0.6 is 15.9 Å². The third kappa shape index (κ3) is 2.44. The van der Waals surface area contributed by atoms with Gasteiger partial charge in [-0.3, -0.25) is 0 Å². The zero-order valence-electron chi connectivity index (χ0n) is 12.7. The summed E-state index contributed by atoms with van der Waals surface area (Å²) in [4.78, 5) is 11.0. The van der Waals surface area contributed by atoms with E-state index in [0.29, 0.717) is 11.6 Å². The molecule has 1 aliphatic heterocycles. The lowest BCUT2D eigenvalue weighted by molar-refractivity contribution is 0.0697. The SMILES string of the molecule is O=C(O)c1ccc([C@H]2Nc3c(F)cc(Br)cc3[C@@H]3C=CC[C@@H]23)cc1. The van der Waals surface area contributed by atoms with E-state index in [9.17, 15) is 9.18 Å². The maximum absolute atomic E-state index is 14.5. The number of benzene rings is 2. The molecule has 2 aromatic carbocycles. The van der Waals surface area contributed by atoms with Gasteiger partial charge in [-0.2, -0.15) is 0 Å². The van der Waals surface area contributed by atoms with E-state index in [1.165, 1.54) is 6.07 Å². The topological polar surface area (TPSA) is 49.3 Å². The predicted molar refractivity (Wildman–Crippen MR) is 93.9 cm³/mol. The number of aromatic carboxylic acids is 1. The van der Waals surface area contributed by atoms with Crippen LogP contribution in [0.1, 0.15) is 39.9 Å². The molecule has 122 valence electrons. The minimum Gasteiger partial charge on any atom is -0.478 e. The highest BCUT2D eigenvalue weighted by atomic mass is 79.9. The van der Waals surface area contributed by atoms with Crippen molar-refractivity contribution in [2.24, 2.45) is 5.92 Å². The average Bonchev–Trinajstić information content (AvgIpc) is 3.04. The molecule has 3 nitrogen and oxygen atoms in total. The highest BCUT2D eigenvalue weighted by molar-refractivity contribution is 9.10. The Morgan fingerprint density at radius 2 is 2.00 bits per heavy atom. The summed E-state index contributed by atoms with van der Waals surface area (Å²) in [5.41, 5.74) is 2.75. The number of carbonyl (C=O) groups is 1. The summed E-state index contributed by atoms with van der Waals surface area (Å²) in [5, 5.41) is 12.4. The molecule has 0 bridgehead atoms. The number of anilines is 1. The summed E-state index contributed by atoms with van der Waals surface area (Å²) >= 11 is 3.37. The minimum absolute atomic E-state index is 0.0454. The molecule has 0 aromatic heterocycles. The molecule has 1 aliphatic carbocycles. The Bertz CT molecular complexity index is 847. The standard InChI is InChI=1S/C19H15BrFNO2/c20-12-8-15-13-2-1-3-14(13)17(22-18(15)16(21)9-12)10-4-6-11(7-5-10)19(23)24/h1-2,4-9,13-14,17,22H,3H2,(H,23,24)/t13-,14-,17-/m1/s1. The second kappa shape index (κ2) is 5.74. The van der Waals surface area contributed by atoms with E-state index >= 15 is 0 Å². The van der Waals surface area contributed by atoms with Crippen molar-refractivity contribution >= 4 is 27.6 Å². The van der Waals surface area contributed by atoms with Gasteiger partial charge in [-0.15, -0.1) is 0 Å². The van der Waals surface area contributed by atoms with Crippen LogP contribution in [0.15, 0.2) is 53.0 Å². The first-order valence-corrected chi connectivity index (χ1v) is 8.59. The molecular weight excluding hydrogens is 373 g/mol. The van der Waals surface area contributed by atoms with E-state index in [4.69, 9.17) is 5.11 Å². The fourth-order valence-corrected chi connectivity index (χ4v) is 4.23. The van der Waals surface area contributed by atoms with Crippen molar-refractivity contribution in [3.05, 3.63) is 75.5 Å². The molecule has 0 amide bonds. The Balaban J connectivity index is 1.76. The first-order chi connectivity index (χ1) is 11.5. The number of hydrogen-bond donors (Lipinski definition) is 2. The number of fused-ring (bicyclic) bond motifs is 3. The Morgan fingerprint density at radius 1 is 1.25 bits per heavy atom. The van der Waals surface area contributed by atoms with Gasteiger partial charge in [-0.05, 0) is 47.7 Å². The first-order valence-electron chi connectivity index (χ1n) is 7.80. The number of carboxylic acids is 1. The maximum atomic E-state index is 14.5. The third-order valence-corrected chi connectivity index (χ3v) is 5.36. The Labute approximate surface area is 147 Å². The summed E-state index contributed by atoms with van der Waals surface area (Å²) in [6, 6.07) is 10.2. The molecule has 0 spiro atoms. The molecule has 2 aliphatic rings. The maximum Gasteiger partial charge on any atom is 0.335 e. The molecule has 0 unspecified atom stereocenters. The highest BCUT2D eigenvalue weighted by Crippen LogP contribution is 2.51. The van der Waals surface area contributed by atoms with Crippen LogP contribution in [0.3, 0.4) is 0 Å². The number of halogens is 2. The van der Waals surface area contributed by atoms with E-state index < -0.39 is 5.97 Å². The second-order valence-corrected chi connectivity index (χ2v) is 7.17. The van der Waals surface area contributed by atoms with E-state index in [-0.39, 0.29) is 23.3 Å². The molecule has 0 fully saturated rings. The zero-order chi connectivity index (χ0) is 16.8. The molecule has 0 saturated carbocycles. The Kier molecular flexibility index (Phi) is 3.68. The van der Waals surface area contributed by atoms with Crippen LogP contribution < -0.4 is 5.32 Å². The highest BCUT2D eigenvalue weighted by Gasteiger charge is 2.39. The lowest BCUT2D eigenvalue weighted by atomic mass is 9.77. The van der Waals surface area contributed by atoms with Crippen molar-refractivity contribution in [1.29, 1.82) is 0 Å². The average molecular weight is 388 g/mol. The van der Waals surface area contributed by atoms with Gasteiger partial charge in [0.05, 0.1) is 17.3 Å². The molecule has 2 N–H and O–H groups in total. The summed E-state index contributed by atoms with van der Waals surface area (Å²) in [5.74, 6) is -0.760. The van der Waals surface area contributed by atoms with Crippen LogP contribution in [0.4, 0.5) is 10.1 Å². The number of hydrogen-bond acceptors (Lipinski definition) is 2. The van der Waals surface area contributed by atoms with Crippen LogP contribution in [0.25, 0.3) is 0 Å². The summed E-state index contributed by atoms with van der Waals surface area (Å²) in [6.45, 7) is 0. The van der Waals surface area contributed by atoms with Crippen molar-refractivity contribution < 1.29 is 14.3 Å². The van der Waals surface area contributed by atoms with Gasteiger partial charge in [0.2, 0.25) is 0 Å². The van der Waals surface area contributed by atoms with Crippen molar-refractivity contribution in [3.63, 3.8) is 0 Å². The van der Waals surface area contributed by atoms with E-state index in [2.05, 4.69) is 33.4 Å². The van der Waals surface area contributed by atoms with Gasteiger partial charge in [0, 0.05) is 10.4 Å². The normalized spacial score (nSPS) is 24.2. The van der Waals surface area contributed by atoms with Gasteiger partial charge >= 0.3 is 5.97 Å². The van der Waals surface area contributed by atoms with Gasteiger partial charge in [-0.1, -0.05) is 40.2 Å². The largest absolute Gasteiger partial charge is 0.478 e. The third-order valence-electron chi connectivity index (χ3n) is 4.90. The smallest absolute Gasteiger partial charge is 0.335 e. The molecule has 5 heteroatoms. The Morgan fingerprint density at radius 3 is 2.71 bits per heavy atom. The van der Waals surface area contributed by atoms with E-state index in [1.807, 2.05) is 18.2 Å². The summed E-state index contributed by atoms with van der Waals surface area (Å²) in [6.07, 6.45) is 5.20. The van der Waals surface area contributed by atoms with Crippen LogP contribution in [0, 0.1) is 11.7 Å². The van der Waals surface area contributed by atoms with Gasteiger partial charge < -0.3 is 10.4 Å². The van der Waals surface area contributed by atoms with Crippen molar-refractivity contribution in [2.75, 3.05) is 5.32 Å². The number of allylic oxidation sites excluding steroid dienone is 2. The molecule has 0 saturated heterocycles. The second-order valence-electron chi connectivity index (χ2n) is 6.25. The van der Waals surface area contributed by atoms with Crippen LogP contribution in [-0.2, 0) is 0 Å². The fourth-order valence-electron chi connectivity index (χ4n) is 3.78. The van der Waals surface area contributed by atoms with Crippen molar-refractivity contribution in [1.82, 2.24) is 0 Å². The molecular formula is C19H15BrFNO2. The molecule has 0 radical (unpaired) electrons. The monoisotopic (exact) mass is 387 g/mol. The summed E-state index contributed by atoms with van der Waals surface area (Å²) < 4.78 is 15.2. The predicted octanol–water partition coefficient (Wildman–Crippen LogP) is 5.11. The molecule has 24 heavy (non-hydrogen) atoms. The minimum atomic E-state index is -0.945. The van der Waals surface area contributed by atoms with Crippen molar-refractivity contribution in [2.45, 2.75) is 18.4 Å². The fraction of sp³-hybridized carbons (Fsp3) is 0.211. The van der Waals surface area contributed by atoms with Crippen LogP contribution in [0.5, 0.6) is 0 Å². The van der Waals surface area contributed by atoms with Gasteiger partial charge in [0.15, 0.2) is 0 Å². The summed E-state index contributed by atoms with van der Waals surface area (Å²) in [7, 11) is 0. The van der Waals surface area contributed by atoms with Crippen molar-refractivity contribution in [3.8, 4) is 0 Å². The first kappa shape index (κ1) is 15.4. The Hall–Kier alpha value is -2.14. The van der Waals surface area contributed by atoms with Crippen LogP contribution in [-0.4, -0.2) is 11.1 Å². The number of rotatable bonds is 2. The van der Waals surface area contributed by atoms with Crippen LogP contribution in [0.2, 0.25) is 0 Å². The number of carboxylic acid groups (broad SMARTS) is 1. The van der Waals surface area contributed by atoms with Gasteiger partial charge in [0.25, 0.3) is 0 Å². The lowest BCUT2D eigenvalue weighted by Gasteiger charge is -2.37. The molecule has 3 atom stereocenters. The quantitative estimate of drug-likeness (QED) is 0.703. The molecule has 2 aromatic rings. The van der Waals surface area contributed by atoms with Gasteiger partial charge in [0.1, 0.15) is 5.82 Å². The number of nitrogens with one attached hydrogen (secondary N) is 1. The molecule has 4 rings (SSSR count). The zero-order valence-corrected chi connectivity index (χ0v) is 14.3. The molecule has 1 heterocycles.